The largest absolute Gasteiger partial charge is 0.331 e. The molecule has 0 N–H and O–H groups in total. The van der Waals surface area contributed by atoms with Gasteiger partial charge in [-0.25, -0.2) is 13.8 Å². The number of aromatic nitrogens is 2. The van der Waals surface area contributed by atoms with E-state index in [0.29, 0.717) is 13.1 Å². The molecule has 0 bridgehead atoms. The topological polar surface area (TPSA) is 38.1 Å². The van der Waals surface area contributed by atoms with E-state index in [9.17, 15) is 13.6 Å². The minimum atomic E-state index is -1.02. The van der Waals surface area contributed by atoms with Crippen LogP contribution in [-0.4, -0.2) is 26.9 Å². The summed E-state index contributed by atoms with van der Waals surface area (Å²) in [4.78, 5) is 19.5. The summed E-state index contributed by atoms with van der Waals surface area (Å²) in [5.74, 6) is -1.28. The number of rotatable bonds is 8. The van der Waals surface area contributed by atoms with Crippen LogP contribution < -0.4 is 0 Å². The van der Waals surface area contributed by atoms with Crippen molar-refractivity contribution in [1.29, 1.82) is 0 Å². The summed E-state index contributed by atoms with van der Waals surface area (Å²) in [6.07, 6.45) is 2.06. The van der Waals surface area contributed by atoms with Crippen molar-refractivity contribution < 1.29 is 13.6 Å². The Morgan fingerprint density at radius 3 is 2.59 bits per heavy atom. The van der Waals surface area contributed by atoms with E-state index in [1.165, 1.54) is 6.07 Å². The molecule has 1 heterocycles. The molecule has 154 valence electrons. The van der Waals surface area contributed by atoms with Gasteiger partial charge in [-0.15, -0.1) is 0 Å². The number of carbonyl (C=O) groups is 1. The summed E-state index contributed by atoms with van der Waals surface area (Å²) in [5, 5.41) is 0. The van der Waals surface area contributed by atoms with E-state index < -0.39 is 11.6 Å². The Morgan fingerprint density at radius 2 is 1.90 bits per heavy atom. The lowest BCUT2D eigenvalue weighted by Gasteiger charge is -2.25. The van der Waals surface area contributed by atoms with E-state index in [1.54, 1.807) is 4.90 Å². The Hall–Kier alpha value is -2.76. The van der Waals surface area contributed by atoms with Gasteiger partial charge in [0, 0.05) is 18.7 Å². The fraction of sp³-hybridized carbons (Fsp3) is 0.391. The second-order valence-electron chi connectivity index (χ2n) is 7.73. The number of benzene rings is 2. The molecule has 6 heteroatoms. The molecule has 0 saturated carbocycles. The maximum absolute atomic E-state index is 13.7. The van der Waals surface area contributed by atoms with E-state index in [0.717, 1.165) is 48.4 Å². The molecule has 0 radical (unpaired) electrons. The Bertz CT molecular complexity index is 997. The van der Waals surface area contributed by atoms with Crippen molar-refractivity contribution in [3.05, 3.63) is 65.5 Å². The number of imidazole rings is 1. The monoisotopic (exact) mass is 399 g/mol. The van der Waals surface area contributed by atoms with Gasteiger partial charge >= 0.3 is 0 Å². The molecule has 0 spiro atoms. The van der Waals surface area contributed by atoms with Crippen LogP contribution in [0.2, 0.25) is 0 Å². The van der Waals surface area contributed by atoms with Crippen LogP contribution in [0.25, 0.3) is 11.0 Å². The highest BCUT2D eigenvalue weighted by atomic mass is 19.2. The Balaban J connectivity index is 1.96. The van der Waals surface area contributed by atoms with Crippen molar-refractivity contribution in [1.82, 2.24) is 14.5 Å². The number of carbonyl (C=O) groups excluding carboxylic acids is 1. The van der Waals surface area contributed by atoms with Gasteiger partial charge in [0.1, 0.15) is 5.82 Å². The maximum atomic E-state index is 13.7. The predicted octanol–water partition coefficient (Wildman–Crippen LogP) is 5.41. The molecular formula is C23H27F2N3O. The van der Waals surface area contributed by atoms with Gasteiger partial charge in [-0.3, -0.25) is 4.79 Å². The number of amides is 1. The number of unbranched alkanes of at least 4 members (excludes halogenated alkanes) is 1. The van der Waals surface area contributed by atoms with Gasteiger partial charge in [-0.1, -0.05) is 39.3 Å². The molecule has 3 aromatic rings. The van der Waals surface area contributed by atoms with Crippen molar-refractivity contribution >= 4 is 16.9 Å². The normalized spacial score (nSPS) is 11.4. The van der Waals surface area contributed by atoms with Gasteiger partial charge in [0.2, 0.25) is 0 Å². The third-order valence-corrected chi connectivity index (χ3v) is 4.84. The van der Waals surface area contributed by atoms with Crippen LogP contribution in [0.5, 0.6) is 0 Å². The molecule has 0 aliphatic carbocycles. The molecule has 0 atom stereocenters. The number of hydrogen-bond donors (Lipinski definition) is 0. The molecule has 1 amide bonds. The van der Waals surface area contributed by atoms with E-state index >= 15 is 0 Å². The molecule has 3 rings (SSSR count). The quantitative estimate of drug-likeness (QED) is 0.508. The molecule has 29 heavy (non-hydrogen) atoms. The third-order valence-electron chi connectivity index (χ3n) is 4.84. The smallest absolute Gasteiger partial charge is 0.254 e. The second kappa shape index (κ2) is 9.16. The number of para-hydroxylation sites is 2. The van der Waals surface area contributed by atoms with Crippen molar-refractivity contribution in [2.45, 2.75) is 46.7 Å². The molecule has 0 unspecified atom stereocenters. The van der Waals surface area contributed by atoms with E-state index in [1.807, 2.05) is 38.1 Å². The first-order valence-electron chi connectivity index (χ1n) is 10.1. The van der Waals surface area contributed by atoms with Crippen molar-refractivity contribution in [2.75, 3.05) is 6.54 Å². The van der Waals surface area contributed by atoms with Crippen LogP contribution in [0.3, 0.4) is 0 Å². The number of halogens is 2. The second-order valence-corrected chi connectivity index (χ2v) is 7.73. The van der Waals surface area contributed by atoms with Gasteiger partial charge in [0.15, 0.2) is 11.6 Å². The fourth-order valence-electron chi connectivity index (χ4n) is 3.45. The summed E-state index contributed by atoms with van der Waals surface area (Å²) in [7, 11) is 0. The van der Waals surface area contributed by atoms with Crippen LogP contribution in [0.4, 0.5) is 8.78 Å². The first-order chi connectivity index (χ1) is 13.9. The van der Waals surface area contributed by atoms with E-state index in [4.69, 9.17) is 4.98 Å². The Labute approximate surface area is 170 Å². The Morgan fingerprint density at radius 1 is 1.14 bits per heavy atom. The fourth-order valence-corrected chi connectivity index (χ4v) is 3.45. The average molecular weight is 399 g/mol. The van der Waals surface area contributed by atoms with Crippen LogP contribution in [0.15, 0.2) is 42.5 Å². The summed E-state index contributed by atoms with van der Waals surface area (Å²) in [5.41, 5.74) is 2.07. The molecular weight excluding hydrogens is 372 g/mol. The minimum absolute atomic E-state index is 0.140. The van der Waals surface area contributed by atoms with Crippen LogP contribution in [0.1, 0.15) is 49.8 Å². The third kappa shape index (κ3) is 4.81. The SMILES string of the molecule is CCCCn1c(CN(CC(C)C)C(=O)c2ccc(F)c(F)c2)nc2ccccc21. The van der Waals surface area contributed by atoms with Gasteiger partial charge in [-0.2, -0.15) is 0 Å². The van der Waals surface area contributed by atoms with E-state index in [-0.39, 0.29) is 17.4 Å². The number of hydrogen-bond acceptors (Lipinski definition) is 2. The zero-order valence-corrected chi connectivity index (χ0v) is 17.2. The molecule has 0 saturated heterocycles. The molecule has 1 aromatic heterocycles. The summed E-state index contributed by atoms with van der Waals surface area (Å²) in [6, 6.07) is 11.2. The molecule has 4 nitrogen and oxygen atoms in total. The molecule has 0 aliphatic heterocycles. The van der Waals surface area contributed by atoms with Gasteiger partial charge < -0.3 is 9.47 Å². The van der Waals surface area contributed by atoms with Crippen LogP contribution in [-0.2, 0) is 13.1 Å². The number of nitrogens with zero attached hydrogens (tertiary/aromatic N) is 3. The summed E-state index contributed by atoms with van der Waals surface area (Å²) in [6.45, 7) is 7.80. The maximum Gasteiger partial charge on any atom is 0.254 e. The summed E-state index contributed by atoms with van der Waals surface area (Å²) >= 11 is 0. The predicted molar refractivity (Wildman–Crippen MR) is 111 cm³/mol. The van der Waals surface area contributed by atoms with Crippen molar-refractivity contribution in [3.63, 3.8) is 0 Å². The van der Waals surface area contributed by atoms with E-state index in [2.05, 4.69) is 11.5 Å². The van der Waals surface area contributed by atoms with Crippen LogP contribution in [0, 0.1) is 17.6 Å². The number of aryl methyl sites for hydroxylation is 1. The van der Waals surface area contributed by atoms with Crippen LogP contribution >= 0.6 is 0 Å². The highest BCUT2D eigenvalue weighted by Gasteiger charge is 2.22. The van der Waals surface area contributed by atoms with Crippen molar-refractivity contribution in [2.24, 2.45) is 5.92 Å². The van der Waals surface area contributed by atoms with Gasteiger partial charge in [0.05, 0.1) is 17.6 Å². The Kier molecular flexibility index (Phi) is 6.62. The van der Waals surface area contributed by atoms with Crippen molar-refractivity contribution in [3.8, 4) is 0 Å². The molecule has 2 aromatic carbocycles. The first-order valence-corrected chi connectivity index (χ1v) is 10.1. The minimum Gasteiger partial charge on any atom is -0.331 e. The standard InChI is InChI=1S/C23H27F2N3O/c1-4-5-12-28-21-9-7-6-8-20(21)26-22(28)15-27(14-16(2)3)23(29)17-10-11-18(24)19(25)13-17/h6-11,13,16H,4-5,12,14-15H2,1-3H3. The first kappa shape index (κ1) is 21.0. The van der Waals surface area contributed by atoms with Gasteiger partial charge in [0.25, 0.3) is 5.91 Å². The lowest BCUT2D eigenvalue weighted by atomic mass is 10.1. The zero-order valence-electron chi connectivity index (χ0n) is 17.2. The summed E-state index contributed by atoms with van der Waals surface area (Å²) < 4.78 is 29.1. The highest BCUT2D eigenvalue weighted by Crippen LogP contribution is 2.20. The lowest BCUT2D eigenvalue weighted by Crippen LogP contribution is -2.35. The molecule has 0 aliphatic rings. The van der Waals surface area contributed by atoms with Gasteiger partial charge in [-0.05, 0) is 42.7 Å². The molecule has 0 fully saturated rings. The highest BCUT2D eigenvalue weighted by molar-refractivity contribution is 5.94. The zero-order chi connectivity index (χ0) is 21.0. The average Bonchev–Trinajstić information content (AvgIpc) is 3.04. The lowest BCUT2D eigenvalue weighted by molar-refractivity contribution is 0.0715. The number of fused-ring (bicyclic) bond motifs is 1.